The number of Topliss-reactive ketones (excluding diaryl/α,β-unsaturated/α-hetero) is 1. The molecule has 0 bridgehead atoms. The molecule has 0 fully saturated rings. The van der Waals surface area contributed by atoms with Crippen LogP contribution in [0.15, 0.2) is 60.7 Å². The Hall–Kier alpha value is -2.62. The number of benzene rings is 2. The van der Waals surface area contributed by atoms with Gasteiger partial charge in [0.25, 0.3) is 0 Å². The maximum absolute atomic E-state index is 11.8. The molecule has 4 heteroatoms. The van der Waals surface area contributed by atoms with E-state index in [0.717, 1.165) is 24.0 Å². The topological polar surface area (TPSA) is 63.6 Å². The van der Waals surface area contributed by atoms with Crippen LogP contribution in [0.5, 0.6) is 0 Å². The third-order valence-electron chi connectivity index (χ3n) is 3.49. The zero-order chi connectivity index (χ0) is 18.5. The molecule has 4 nitrogen and oxygen atoms in total. The Morgan fingerprint density at radius 3 is 1.72 bits per heavy atom. The first-order valence-corrected chi connectivity index (χ1v) is 8.50. The van der Waals surface area contributed by atoms with Crippen molar-refractivity contribution in [3.8, 4) is 0 Å². The lowest BCUT2D eigenvalue weighted by atomic mass is 10.0. The summed E-state index contributed by atoms with van der Waals surface area (Å²) in [6.45, 7) is 3.74. The van der Waals surface area contributed by atoms with Crippen molar-refractivity contribution in [1.29, 1.82) is 0 Å². The van der Waals surface area contributed by atoms with E-state index in [1.807, 2.05) is 67.6 Å². The highest BCUT2D eigenvalue weighted by atomic mass is 16.7. The van der Waals surface area contributed by atoms with E-state index in [2.05, 4.69) is 4.74 Å². The molecule has 1 atom stereocenters. The Labute approximate surface area is 149 Å². The van der Waals surface area contributed by atoms with Gasteiger partial charge in [0.2, 0.25) is 0 Å². The summed E-state index contributed by atoms with van der Waals surface area (Å²) in [6, 6.07) is 19.7. The molecule has 0 spiro atoms. The molecule has 134 valence electrons. The molecule has 1 unspecified atom stereocenters. The summed E-state index contributed by atoms with van der Waals surface area (Å²) in [6.07, 6.45) is 1.45. The zero-order valence-corrected chi connectivity index (χ0v) is 14.9. The van der Waals surface area contributed by atoms with E-state index in [4.69, 9.17) is 5.11 Å². The van der Waals surface area contributed by atoms with Crippen LogP contribution in [0.3, 0.4) is 0 Å². The Bertz CT molecular complexity index is 579. The molecule has 0 aliphatic rings. The van der Waals surface area contributed by atoms with Crippen LogP contribution in [-0.2, 0) is 22.4 Å². The molecule has 0 aromatic heterocycles. The summed E-state index contributed by atoms with van der Waals surface area (Å²) in [5, 5.41) is 8.09. The number of carbonyl (C=O) groups is 2. The predicted octanol–water partition coefficient (Wildman–Crippen LogP) is 4.91. The summed E-state index contributed by atoms with van der Waals surface area (Å²) in [5.41, 5.74) is 2.17. The molecule has 2 aromatic rings. The summed E-state index contributed by atoms with van der Waals surface area (Å²) >= 11 is 0. The monoisotopic (exact) mass is 342 g/mol. The highest BCUT2D eigenvalue weighted by Crippen LogP contribution is 2.05. The molecule has 0 saturated carbocycles. The molecule has 0 heterocycles. The number of ether oxygens (including phenoxy) is 1. The van der Waals surface area contributed by atoms with Crippen molar-refractivity contribution in [3.05, 3.63) is 71.8 Å². The van der Waals surface area contributed by atoms with Crippen molar-refractivity contribution in [2.75, 3.05) is 0 Å². The van der Waals surface area contributed by atoms with Gasteiger partial charge in [0.1, 0.15) is 11.9 Å². The first-order valence-electron chi connectivity index (χ1n) is 8.50. The first-order chi connectivity index (χ1) is 12.0. The van der Waals surface area contributed by atoms with Crippen LogP contribution < -0.4 is 0 Å². The minimum atomic E-state index is -1.18. The third kappa shape index (κ3) is 9.97. The molecule has 25 heavy (non-hydrogen) atoms. The van der Waals surface area contributed by atoms with Crippen LogP contribution in [0.25, 0.3) is 0 Å². The largest absolute Gasteiger partial charge is 0.506 e. The molecule has 0 aliphatic carbocycles. The van der Waals surface area contributed by atoms with Crippen molar-refractivity contribution in [2.45, 2.75) is 45.6 Å². The second kappa shape index (κ2) is 11.8. The standard InChI is InChI=1S/C15H14O.C6H12O3/c16-15(11-13-7-3-1-4-8-13)12-14-9-5-2-6-10-14;1-3-4-5(2)9-6(7)8/h1-10H,11-12H2;5H,3-4H2,1-2H3,(H,7,8). The highest BCUT2D eigenvalue weighted by Gasteiger charge is 2.05. The second-order valence-corrected chi connectivity index (χ2v) is 5.85. The van der Waals surface area contributed by atoms with Gasteiger partial charge in [-0.1, -0.05) is 74.0 Å². The van der Waals surface area contributed by atoms with Gasteiger partial charge in [-0.2, -0.15) is 0 Å². The quantitative estimate of drug-likeness (QED) is 0.726. The van der Waals surface area contributed by atoms with Gasteiger partial charge >= 0.3 is 6.16 Å². The predicted molar refractivity (Wildman–Crippen MR) is 98.8 cm³/mol. The van der Waals surface area contributed by atoms with Gasteiger partial charge in [-0.05, 0) is 24.5 Å². The van der Waals surface area contributed by atoms with Crippen LogP contribution in [0.2, 0.25) is 0 Å². The van der Waals surface area contributed by atoms with Crippen molar-refractivity contribution in [3.63, 3.8) is 0 Å². The van der Waals surface area contributed by atoms with E-state index in [0.29, 0.717) is 12.8 Å². The molecular formula is C21H26O4. The summed E-state index contributed by atoms with van der Waals surface area (Å²) in [5.74, 6) is 0.261. The molecule has 0 radical (unpaired) electrons. The number of hydrogen-bond donors (Lipinski definition) is 1. The maximum Gasteiger partial charge on any atom is 0.506 e. The molecule has 2 rings (SSSR count). The van der Waals surface area contributed by atoms with Crippen LogP contribution in [0, 0.1) is 0 Å². The molecule has 0 aliphatic heterocycles. The lowest BCUT2D eigenvalue weighted by molar-refractivity contribution is -0.117. The fourth-order valence-electron chi connectivity index (χ4n) is 2.35. The molecule has 0 amide bonds. The normalized spacial score (nSPS) is 11.0. The van der Waals surface area contributed by atoms with E-state index in [-0.39, 0.29) is 11.9 Å². The van der Waals surface area contributed by atoms with Gasteiger partial charge in [0.05, 0.1) is 0 Å². The van der Waals surface area contributed by atoms with Crippen molar-refractivity contribution in [1.82, 2.24) is 0 Å². The average Bonchev–Trinajstić information content (AvgIpc) is 2.56. The summed E-state index contributed by atoms with van der Waals surface area (Å²) in [4.78, 5) is 21.6. The zero-order valence-electron chi connectivity index (χ0n) is 14.9. The van der Waals surface area contributed by atoms with Crippen LogP contribution in [0.4, 0.5) is 4.79 Å². The van der Waals surface area contributed by atoms with E-state index < -0.39 is 6.16 Å². The highest BCUT2D eigenvalue weighted by molar-refractivity contribution is 5.83. The number of rotatable bonds is 7. The van der Waals surface area contributed by atoms with E-state index in [1.165, 1.54) is 0 Å². The summed E-state index contributed by atoms with van der Waals surface area (Å²) < 4.78 is 4.41. The molecular weight excluding hydrogens is 316 g/mol. The van der Waals surface area contributed by atoms with Crippen LogP contribution in [-0.4, -0.2) is 23.1 Å². The number of carboxylic acid groups (broad SMARTS) is 1. The van der Waals surface area contributed by atoms with Gasteiger partial charge in [0, 0.05) is 12.8 Å². The van der Waals surface area contributed by atoms with E-state index >= 15 is 0 Å². The Morgan fingerprint density at radius 2 is 1.36 bits per heavy atom. The number of carbonyl (C=O) groups excluding carboxylic acids is 1. The van der Waals surface area contributed by atoms with E-state index in [9.17, 15) is 9.59 Å². The van der Waals surface area contributed by atoms with Gasteiger partial charge in [-0.3, -0.25) is 4.79 Å². The minimum absolute atomic E-state index is 0.160. The third-order valence-corrected chi connectivity index (χ3v) is 3.49. The second-order valence-electron chi connectivity index (χ2n) is 5.85. The molecule has 1 N–H and O–H groups in total. The van der Waals surface area contributed by atoms with Crippen LogP contribution >= 0.6 is 0 Å². The van der Waals surface area contributed by atoms with Gasteiger partial charge in [0.15, 0.2) is 0 Å². The van der Waals surface area contributed by atoms with E-state index in [1.54, 1.807) is 6.92 Å². The van der Waals surface area contributed by atoms with Gasteiger partial charge < -0.3 is 9.84 Å². The maximum atomic E-state index is 11.8. The molecule has 0 saturated heterocycles. The Kier molecular flexibility index (Phi) is 9.68. The lowest BCUT2D eigenvalue weighted by Crippen LogP contribution is -2.11. The van der Waals surface area contributed by atoms with Crippen molar-refractivity contribution < 1.29 is 19.4 Å². The van der Waals surface area contributed by atoms with Crippen molar-refractivity contribution in [2.24, 2.45) is 0 Å². The fraction of sp³-hybridized carbons (Fsp3) is 0.333. The minimum Gasteiger partial charge on any atom is -0.450 e. The fourth-order valence-corrected chi connectivity index (χ4v) is 2.35. The Balaban J connectivity index is 0.000000299. The molecule has 2 aromatic carbocycles. The van der Waals surface area contributed by atoms with Crippen LogP contribution in [0.1, 0.15) is 37.8 Å². The smallest absolute Gasteiger partial charge is 0.450 e. The lowest BCUT2D eigenvalue weighted by Gasteiger charge is -2.07. The number of ketones is 1. The van der Waals surface area contributed by atoms with Gasteiger partial charge in [-0.15, -0.1) is 0 Å². The number of hydrogen-bond acceptors (Lipinski definition) is 3. The Morgan fingerprint density at radius 1 is 0.920 bits per heavy atom. The SMILES string of the molecule is CCCC(C)OC(=O)O.O=C(Cc1ccccc1)Cc1ccccc1. The first kappa shape index (κ1) is 20.4. The van der Waals surface area contributed by atoms with Crippen molar-refractivity contribution >= 4 is 11.9 Å². The summed E-state index contributed by atoms with van der Waals surface area (Å²) in [7, 11) is 0. The average molecular weight is 342 g/mol. The van der Waals surface area contributed by atoms with Gasteiger partial charge in [-0.25, -0.2) is 4.79 Å².